The summed E-state index contributed by atoms with van der Waals surface area (Å²) in [6.07, 6.45) is 2.89. The number of carbonyl (C=O) groups excluding carboxylic acids is 1. The number of allylic oxidation sites excluding steroid dienone is 1. The summed E-state index contributed by atoms with van der Waals surface area (Å²) < 4.78 is 0. The van der Waals surface area contributed by atoms with Crippen molar-refractivity contribution in [3.63, 3.8) is 0 Å². The van der Waals surface area contributed by atoms with E-state index in [4.69, 9.17) is 11.6 Å². The normalized spacial score (nSPS) is 19.8. The second-order valence-corrected chi connectivity index (χ2v) is 8.97. The Morgan fingerprint density at radius 3 is 2.75 bits per heavy atom. The van der Waals surface area contributed by atoms with Gasteiger partial charge in [0.25, 0.3) is 5.91 Å². The largest absolute Gasteiger partial charge is 0.507 e. The molecule has 2 aliphatic heterocycles. The molecule has 4 aromatic rings. The van der Waals surface area contributed by atoms with Crippen LogP contribution in [0.5, 0.6) is 5.75 Å². The quantitative estimate of drug-likeness (QED) is 0.408. The Bertz CT molecular complexity index is 1450. The van der Waals surface area contributed by atoms with Gasteiger partial charge >= 0.3 is 0 Å². The maximum Gasteiger partial charge on any atom is 0.255 e. The van der Waals surface area contributed by atoms with Gasteiger partial charge in [0.15, 0.2) is 0 Å². The zero-order chi connectivity index (χ0) is 22.0. The van der Waals surface area contributed by atoms with Crippen LogP contribution in [-0.4, -0.2) is 27.4 Å². The fraction of sp³-hybridized carbons (Fsp3) is 0.148. The lowest BCUT2D eigenvalue weighted by atomic mass is 9.79. The molecule has 1 atom stereocenters. The standard InChI is InChI=1S/C27H21ClN2O2/c1-16(18-6-3-5-9-24(18)31)15-27-22-8-4-2-7-21(22)26(32)30(27)13-12-20-19-11-10-17(28)14-23(19)29-25(20)27/h2-11,14-15,29,31H,12-13H2,1H3/t27-/m0/s1. The lowest BCUT2D eigenvalue weighted by Gasteiger charge is -2.41. The first-order valence-electron chi connectivity index (χ1n) is 10.7. The van der Waals surface area contributed by atoms with Crippen LogP contribution >= 0.6 is 11.6 Å². The summed E-state index contributed by atoms with van der Waals surface area (Å²) in [6, 6.07) is 21.0. The molecule has 0 fully saturated rings. The number of carbonyl (C=O) groups is 1. The van der Waals surface area contributed by atoms with Crippen molar-refractivity contribution in [2.75, 3.05) is 6.54 Å². The van der Waals surface area contributed by atoms with E-state index in [1.54, 1.807) is 6.07 Å². The summed E-state index contributed by atoms with van der Waals surface area (Å²) in [7, 11) is 0. The van der Waals surface area contributed by atoms with Gasteiger partial charge in [-0.25, -0.2) is 0 Å². The average molecular weight is 441 g/mol. The van der Waals surface area contributed by atoms with Crippen LogP contribution in [0.15, 0.2) is 72.8 Å². The Hall–Kier alpha value is -3.50. The second-order valence-electron chi connectivity index (χ2n) is 8.53. The molecule has 0 unspecified atom stereocenters. The molecule has 0 bridgehead atoms. The van der Waals surface area contributed by atoms with Crippen LogP contribution in [-0.2, 0) is 12.0 Å². The molecule has 5 heteroatoms. The van der Waals surface area contributed by atoms with Crippen LogP contribution in [0.4, 0.5) is 0 Å². The number of benzene rings is 3. The molecule has 0 saturated heterocycles. The Morgan fingerprint density at radius 2 is 1.91 bits per heavy atom. The lowest BCUT2D eigenvalue weighted by molar-refractivity contribution is 0.0666. The maximum absolute atomic E-state index is 13.5. The number of nitrogens with one attached hydrogen (secondary N) is 1. The van der Waals surface area contributed by atoms with E-state index < -0.39 is 5.54 Å². The summed E-state index contributed by atoms with van der Waals surface area (Å²) >= 11 is 6.29. The number of hydrogen-bond donors (Lipinski definition) is 2. The third kappa shape index (κ3) is 2.47. The zero-order valence-electron chi connectivity index (χ0n) is 17.5. The molecule has 1 aromatic heterocycles. The number of aromatic hydroxyl groups is 1. The van der Waals surface area contributed by atoms with Crippen molar-refractivity contribution in [3.05, 3.63) is 106 Å². The molecule has 4 nitrogen and oxygen atoms in total. The van der Waals surface area contributed by atoms with Crippen molar-refractivity contribution in [2.45, 2.75) is 18.9 Å². The topological polar surface area (TPSA) is 56.3 Å². The molecule has 3 heterocycles. The van der Waals surface area contributed by atoms with Gasteiger partial charge in [0.05, 0.1) is 5.69 Å². The highest BCUT2D eigenvalue weighted by molar-refractivity contribution is 6.31. The van der Waals surface area contributed by atoms with E-state index in [0.717, 1.165) is 45.3 Å². The van der Waals surface area contributed by atoms with E-state index in [2.05, 4.69) is 17.1 Å². The summed E-state index contributed by atoms with van der Waals surface area (Å²) in [5, 5.41) is 12.3. The van der Waals surface area contributed by atoms with E-state index in [9.17, 15) is 9.90 Å². The maximum atomic E-state index is 13.5. The summed E-state index contributed by atoms with van der Waals surface area (Å²) in [5.41, 5.74) is 5.73. The molecule has 1 amide bonds. The number of aromatic amines is 1. The Labute approximate surface area is 190 Å². The molecule has 6 rings (SSSR count). The van der Waals surface area contributed by atoms with Gasteiger partial charge in [-0.3, -0.25) is 4.79 Å². The van der Waals surface area contributed by atoms with Crippen LogP contribution in [0.2, 0.25) is 5.02 Å². The number of fused-ring (bicyclic) bond motifs is 7. The zero-order valence-corrected chi connectivity index (χ0v) is 18.3. The lowest BCUT2D eigenvalue weighted by Crippen LogP contribution is -2.48. The van der Waals surface area contributed by atoms with Crippen LogP contribution < -0.4 is 0 Å². The number of hydrogen-bond acceptors (Lipinski definition) is 2. The van der Waals surface area contributed by atoms with Crippen LogP contribution in [0.25, 0.3) is 16.5 Å². The fourth-order valence-corrected chi connectivity index (χ4v) is 5.64. The number of para-hydroxylation sites is 1. The highest BCUT2D eigenvalue weighted by atomic mass is 35.5. The van der Waals surface area contributed by atoms with Gasteiger partial charge in [-0.2, -0.15) is 0 Å². The molecule has 3 aromatic carbocycles. The number of halogens is 1. The van der Waals surface area contributed by atoms with Crippen molar-refractivity contribution in [2.24, 2.45) is 0 Å². The van der Waals surface area contributed by atoms with E-state index in [1.807, 2.05) is 66.4 Å². The molecular weight excluding hydrogens is 420 g/mol. The third-order valence-corrected chi connectivity index (χ3v) is 7.06. The molecule has 2 N–H and O–H groups in total. The van der Waals surface area contributed by atoms with Gasteiger partial charge in [0.2, 0.25) is 0 Å². The fourth-order valence-electron chi connectivity index (χ4n) is 5.46. The van der Waals surface area contributed by atoms with Gasteiger partial charge in [-0.1, -0.05) is 54.1 Å². The molecule has 158 valence electrons. The van der Waals surface area contributed by atoms with Gasteiger partial charge in [0.1, 0.15) is 11.3 Å². The summed E-state index contributed by atoms with van der Waals surface area (Å²) in [4.78, 5) is 19.1. The minimum Gasteiger partial charge on any atom is -0.507 e. The second kappa shape index (κ2) is 6.75. The number of rotatable bonds is 2. The highest BCUT2D eigenvalue weighted by Gasteiger charge is 2.53. The van der Waals surface area contributed by atoms with E-state index in [1.165, 1.54) is 5.56 Å². The first kappa shape index (κ1) is 19.2. The number of phenols is 1. The van der Waals surface area contributed by atoms with Crippen molar-refractivity contribution in [1.82, 2.24) is 9.88 Å². The molecule has 2 aliphatic rings. The molecule has 32 heavy (non-hydrogen) atoms. The minimum atomic E-state index is -0.779. The molecule has 0 saturated carbocycles. The van der Waals surface area contributed by atoms with E-state index in [-0.39, 0.29) is 11.7 Å². The number of phenolic OH excluding ortho intramolecular Hbond substituents is 1. The number of amides is 1. The summed E-state index contributed by atoms with van der Waals surface area (Å²) in [5.74, 6) is 0.255. The van der Waals surface area contributed by atoms with Gasteiger partial charge in [0, 0.05) is 39.2 Å². The van der Waals surface area contributed by atoms with E-state index >= 15 is 0 Å². The Kier molecular flexibility index (Phi) is 4.05. The van der Waals surface area contributed by atoms with Gasteiger partial charge in [-0.15, -0.1) is 0 Å². The smallest absolute Gasteiger partial charge is 0.255 e. The summed E-state index contributed by atoms with van der Waals surface area (Å²) in [6.45, 7) is 2.60. The SMILES string of the molecule is CC(=C[C@@]12c3ccccc3C(=O)N1CCc1c2[nH]c2cc(Cl)ccc12)c1ccccc1O. The van der Waals surface area contributed by atoms with Gasteiger partial charge < -0.3 is 15.0 Å². The molecule has 0 spiro atoms. The first-order valence-corrected chi connectivity index (χ1v) is 11.1. The van der Waals surface area contributed by atoms with Gasteiger partial charge in [-0.05, 0) is 54.8 Å². The molecule has 0 aliphatic carbocycles. The Balaban J connectivity index is 1.70. The van der Waals surface area contributed by atoms with Crippen molar-refractivity contribution < 1.29 is 9.90 Å². The average Bonchev–Trinajstić information content (AvgIpc) is 3.28. The Morgan fingerprint density at radius 1 is 1.12 bits per heavy atom. The first-order chi connectivity index (χ1) is 15.5. The van der Waals surface area contributed by atoms with Crippen LogP contribution in [0, 0.1) is 0 Å². The van der Waals surface area contributed by atoms with Crippen molar-refractivity contribution >= 4 is 34.0 Å². The van der Waals surface area contributed by atoms with Crippen LogP contribution in [0.1, 0.15) is 39.7 Å². The van der Waals surface area contributed by atoms with Crippen molar-refractivity contribution in [1.29, 1.82) is 0 Å². The predicted molar refractivity (Wildman–Crippen MR) is 127 cm³/mol. The number of nitrogens with zero attached hydrogens (tertiary/aromatic N) is 1. The monoisotopic (exact) mass is 440 g/mol. The number of H-pyrrole nitrogens is 1. The molecule has 0 radical (unpaired) electrons. The third-order valence-electron chi connectivity index (χ3n) is 6.83. The van der Waals surface area contributed by atoms with Crippen molar-refractivity contribution in [3.8, 4) is 5.75 Å². The van der Waals surface area contributed by atoms with Crippen LogP contribution in [0.3, 0.4) is 0 Å². The highest BCUT2D eigenvalue weighted by Crippen LogP contribution is 2.51. The predicted octanol–water partition coefficient (Wildman–Crippen LogP) is 5.89. The van der Waals surface area contributed by atoms with E-state index in [0.29, 0.717) is 11.6 Å². The minimum absolute atomic E-state index is 0.0317. The number of aromatic nitrogens is 1. The molecular formula is C27H21ClN2O2.